The molecule has 0 unspecified atom stereocenters. The zero-order valence-electron chi connectivity index (χ0n) is 23.5. The van der Waals surface area contributed by atoms with Gasteiger partial charge in [0.25, 0.3) is 0 Å². The summed E-state index contributed by atoms with van der Waals surface area (Å²) in [6, 6.07) is 4.46. The first-order valence-corrected chi connectivity index (χ1v) is 16.1. The number of alkyl halides is 5. The van der Waals surface area contributed by atoms with Crippen molar-refractivity contribution in [2.45, 2.75) is 49.0 Å². The summed E-state index contributed by atoms with van der Waals surface area (Å²) in [4.78, 5) is 28.3. The summed E-state index contributed by atoms with van der Waals surface area (Å²) in [6.45, 7) is -3.93. The quantitative estimate of drug-likeness (QED) is 0.247. The van der Waals surface area contributed by atoms with Crippen LogP contribution < -0.4 is 15.0 Å². The van der Waals surface area contributed by atoms with Crippen LogP contribution in [0.2, 0.25) is 0 Å². The molecule has 0 bridgehead atoms. The zero-order valence-corrected chi connectivity index (χ0v) is 25.2. The number of fused-ring (bicyclic) bond motifs is 1. The number of thiazole rings is 1. The van der Waals surface area contributed by atoms with E-state index in [9.17, 15) is 39.6 Å². The van der Waals surface area contributed by atoms with Crippen molar-refractivity contribution >= 4 is 42.7 Å². The molecule has 2 aliphatic rings. The molecule has 1 saturated heterocycles. The summed E-state index contributed by atoms with van der Waals surface area (Å²) < 4.78 is 112. The standard InChI is InChI=1S/C28H24F6N6O4S2/c29-20-11-18(44-26(30)31)6-3-16(20)12-36-25(41)21-14-39(27-38-24-22(45-27)13-35-23(37-24)15-1-2-15)9-10-40(21)46(42,43)19-7-4-17(5-8-19)28(32,33)34/h3-8,11,13,15,21,26H,1-2,9-10,12,14H2,(H,36,41)/t21-/m1/s1. The summed E-state index contributed by atoms with van der Waals surface area (Å²) in [5, 5.41) is 2.95. The number of benzene rings is 2. The molecule has 2 aromatic heterocycles. The highest BCUT2D eigenvalue weighted by atomic mass is 32.2. The van der Waals surface area contributed by atoms with Crippen molar-refractivity contribution < 1.29 is 44.3 Å². The van der Waals surface area contributed by atoms with Crippen molar-refractivity contribution in [3.8, 4) is 5.75 Å². The van der Waals surface area contributed by atoms with E-state index >= 15 is 0 Å². The number of anilines is 1. The molecule has 1 aliphatic heterocycles. The second-order valence-corrected chi connectivity index (χ2v) is 13.5. The minimum absolute atomic E-state index is 0.0870. The summed E-state index contributed by atoms with van der Waals surface area (Å²) in [5.74, 6) is -1.22. The van der Waals surface area contributed by atoms with Gasteiger partial charge in [-0.3, -0.25) is 4.79 Å². The second-order valence-electron chi connectivity index (χ2n) is 10.6. The molecule has 0 radical (unpaired) electrons. The molecule has 3 heterocycles. The molecule has 4 aromatic rings. The van der Waals surface area contributed by atoms with Crippen molar-refractivity contribution in [2.75, 3.05) is 24.5 Å². The molecule has 244 valence electrons. The number of sulfonamides is 1. The van der Waals surface area contributed by atoms with E-state index in [1.807, 2.05) is 0 Å². The van der Waals surface area contributed by atoms with Gasteiger partial charge in [-0.25, -0.2) is 22.8 Å². The second kappa shape index (κ2) is 12.3. The fraction of sp³-hybridized carbons (Fsp3) is 0.357. The zero-order chi connectivity index (χ0) is 32.8. The number of halogens is 6. The molecule has 0 spiro atoms. The molecular weight excluding hydrogens is 662 g/mol. The van der Waals surface area contributed by atoms with E-state index in [-0.39, 0.29) is 25.2 Å². The van der Waals surface area contributed by atoms with Crippen LogP contribution >= 0.6 is 11.3 Å². The van der Waals surface area contributed by atoms with Crippen LogP contribution in [0.1, 0.15) is 35.7 Å². The molecule has 2 fully saturated rings. The van der Waals surface area contributed by atoms with Gasteiger partial charge >= 0.3 is 12.8 Å². The lowest BCUT2D eigenvalue weighted by atomic mass is 10.1. The Labute approximate surface area is 262 Å². The van der Waals surface area contributed by atoms with Crippen LogP contribution in [0, 0.1) is 5.82 Å². The third kappa shape index (κ3) is 6.73. The monoisotopic (exact) mass is 686 g/mol. The van der Waals surface area contributed by atoms with Crippen LogP contribution in [0.15, 0.2) is 53.6 Å². The molecule has 1 aliphatic carbocycles. The van der Waals surface area contributed by atoms with Crippen LogP contribution in [-0.4, -0.2) is 65.9 Å². The van der Waals surface area contributed by atoms with Gasteiger partial charge in [-0.15, -0.1) is 0 Å². The third-order valence-corrected chi connectivity index (χ3v) is 10.5. The van der Waals surface area contributed by atoms with E-state index in [0.717, 1.165) is 47.5 Å². The van der Waals surface area contributed by atoms with E-state index in [1.54, 1.807) is 11.1 Å². The van der Waals surface area contributed by atoms with E-state index in [2.05, 4.69) is 25.0 Å². The number of aromatic nitrogens is 3. The maximum absolute atomic E-state index is 14.6. The lowest BCUT2D eigenvalue weighted by Crippen LogP contribution is -2.60. The Morgan fingerprint density at radius 3 is 2.48 bits per heavy atom. The number of piperazine rings is 1. The lowest BCUT2D eigenvalue weighted by Gasteiger charge is -2.39. The lowest BCUT2D eigenvalue weighted by molar-refractivity contribution is -0.137. The Balaban J connectivity index is 1.26. The highest BCUT2D eigenvalue weighted by Crippen LogP contribution is 2.39. The van der Waals surface area contributed by atoms with Crippen molar-refractivity contribution in [1.82, 2.24) is 24.6 Å². The first kappa shape index (κ1) is 31.9. The van der Waals surface area contributed by atoms with Gasteiger partial charge in [0, 0.05) is 43.7 Å². The molecule has 1 N–H and O–H groups in total. The van der Waals surface area contributed by atoms with Gasteiger partial charge in [-0.05, 0) is 43.2 Å². The maximum Gasteiger partial charge on any atom is 0.416 e. The van der Waals surface area contributed by atoms with E-state index < -0.39 is 63.3 Å². The first-order valence-electron chi connectivity index (χ1n) is 13.9. The Kier molecular flexibility index (Phi) is 8.53. The number of amides is 1. The Bertz CT molecular complexity index is 1870. The molecule has 18 heteroatoms. The highest BCUT2D eigenvalue weighted by Gasteiger charge is 2.41. The van der Waals surface area contributed by atoms with Gasteiger partial charge in [0.05, 0.1) is 21.4 Å². The third-order valence-electron chi connectivity index (χ3n) is 7.50. The van der Waals surface area contributed by atoms with E-state index in [4.69, 9.17) is 0 Å². The van der Waals surface area contributed by atoms with Crippen LogP contribution in [-0.2, 0) is 27.5 Å². The van der Waals surface area contributed by atoms with Crippen LogP contribution in [0.4, 0.5) is 31.5 Å². The largest absolute Gasteiger partial charge is 0.435 e. The Hall–Kier alpha value is -4.03. The van der Waals surface area contributed by atoms with Crippen LogP contribution in [0.25, 0.3) is 10.3 Å². The topological polar surface area (TPSA) is 118 Å². The number of carbonyl (C=O) groups is 1. The van der Waals surface area contributed by atoms with Gasteiger partial charge in [0.2, 0.25) is 15.9 Å². The number of carbonyl (C=O) groups excluding carboxylic acids is 1. The molecule has 2 aromatic carbocycles. The molecule has 6 rings (SSSR count). The average molecular weight is 687 g/mol. The number of hydrogen-bond acceptors (Lipinski definition) is 9. The molecule has 46 heavy (non-hydrogen) atoms. The van der Waals surface area contributed by atoms with Crippen molar-refractivity contribution in [1.29, 1.82) is 0 Å². The maximum atomic E-state index is 14.6. The number of nitrogens with one attached hydrogen (secondary N) is 1. The summed E-state index contributed by atoms with van der Waals surface area (Å²) in [7, 11) is -4.49. The fourth-order valence-electron chi connectivity index (χ4n) is 4.95. The van der Waals surface area contributed by atoms with Gasteiger partial charge < -0.3 is 15.0 Å². The van der Waals surface area contributed by atoms with Crippen molar-refractivity contribution in [3.63, 3.8) is 0 Å². The smallest absolute Gasteiger partial charge is 0.416 e. The predicted octanol–water partition coefficient (Wildman–Crippen LogP) is 4.92. The number of nitrogens with zero attached hydrogens (tertiary/aromatic N) is 5. The molecule has 1 amide bonds. The highest BCUT2D eigenvalue weighted by molar-refractivity contribution is 7.89. The van der Waals surface area contributed by atoms with E-state index in [0.29, 0.717) is 39.4 Å². The summed E-state index contributed by atoms with van der Waals surface area (Å²) in [5.41, 5.74) is -0.662. The van der Waals surface area contributed by atoms with Crippen molar-refractivity contribution in [2.24, 2.45) is 0 Å². The molecule has 1 saturated carbocycles. The van der Waals surface area contributed by atoms with Gasteiger partial charge in [0.15, 0.2) is 10.8 Å². The van der Waals surface area contributed by atoms with Crippen LogP contribution in [0.5, 0.6) is 5.75 Å². The molecule has 10 nitrogen and oxygen atoms in total. The van der Waals surface area contributed by atoms with Gasteiger partial charge in [-0.2, -0.15) is 31.2 Å². The number of hydrogen-bond donors (Lipinski definition) is 1. The summed E-state index contributed by atoms with van der Waals surface area (Å²) in [6.07, 6.45) is -1.03. The summed E-state index contributed by atoms with van der Waals surface area (Å²) >= 11 is 1.25. The van der Waals surface area contributed by atoms with Gasteiger partial charge in [0.1, 0.15) is 23.4 Å². The fourth-order valence-corrected chi connectivity index (χ4v) is 7.43. The van der Waals surface area contributed by atoms with Crippen molar-refractivity contribution in [3.05, 3.63) is 71.4 Å². The minimum Gasteiger partial charge on any atom is -0.435 e. The normalized spacial score (nSPS) is 17.9. The first-order chi connectivity index (χ1) is 21.8. The molecular formula is C28H24F6N6O4S2. The number of rotatable bonds is 9. The van der Waals surface area contributed by atoms with Crippen LogP contribution in [0.3, 0.4) is 0 Å². The SMILES string of the molecule is O=C(NCc1ccc(OC(F)F)cc1F)[C@H]1CN(c2nc3nc(C4CC4)ncc3s2)CCN1S(=O)(=O)c1ccc(C(F)(F)F)cc1. The minimum atomic E-state index is -4.68. The number of ether oxygens (including phenoxy) is 1. The van der Waals surface area contributed by atoms with Gasteiger partial charge in [-0.1, -0.05) is 17.4 Å². The van der Waals surface area contributed by atoms with E-state index in [1.165, 1.54) is 11.3 Å². The molecule has 1 atom stereocenters. The predicted molar refractivity (Wildman–Crippen MR) is 153 cm³/mol. The Morgan fingerprint density at radius 2 is 1.83 bits per heavy atom. The Morgan fingerprint density at radius 1 is 1.09 bits per heavy atom. The average Bonchev–Trinajstić information content (AvgIpc) is 3.77.